The third-order valence-electron chi connectivity index (χ3n) is 4.08. The minimum absolute atomic E-state index is 0.0854. The van der Waals surface area contributed by atoms with Crippen LogP contribution in [-0.2, 0) is 0 Å². The Morgan fingerprint density at radius 1 is 1.39 bits per heavy atom. The van der Waals surface area contributed by atoms with Crippen LogP contribution in [0.5, 0.6) is 0 Å². The van der Waals surface area contributed by atoms with Gasteiger partial charge in [-0.25, -0.2) is 0 Å². The maximum atomic E-state index is 11.5. The lowest BCUT2D eigenvalue weighted by atomic mass is 9.64. The van der Waals surface area contributed by atoms with Gasteiger partial charge >= 0.3 is 0 Å². The first-order valence-electron chi connectivity index (χ1n) is 6.53. The Morgan fingerprint density at radius 3 is 2.44 bits per heavy atom. The van der Waals surface area contributed by atoms with E-state index in [2.05, 4.69) is 19.2 Å². The highest BCUT2D eigenvalue weighted by molar-refractivity contribution is 5.96. The number of hydrogen-bond donors (Lipinski definition) is 2. The predicted molar refractivity (Wildman–Crippen MR) is 72.9 cm³/mol. The Morgan fingerprint density at radius 2 is 2.00 bits per heavy atom. The molecule has 0 aromatic heterocycles. The standard InChI is InChI=1S/C15H21NO2/c1-4-12(17)10-5-7-11(8-6-10)16-13-9-14(18)15(13,2)3/h5-8,13-14,16,18H,4,9H2,1-3H3. The molecular formula is C15H21NO2. The van der Waals surface area contributed by atoms with Crippen LogP contribution in [0.15, 0.2) is 24.3 Å². The Balaban J connectivity index is 2.01. The molecule has 2 N–H and O–H groups in total. The van der Waals surface area contributed by atoms with Crippen molar-refractivity contribution < 1.29 is 9.90 Å². The number of ketones is 1. The van der Waals surface area contributed by atoms with E-state index in [1.165, 1.54) is 0 Å². The van der Waals surface area contributed by atoms with Gasteiger partial charge in [0.1, 0.15) is 0 Å². The Hall–Kier alpha value is -1.35. The molecule has 2 rings (SSSR count). The fourth-order valence-electron chi connectivity index (χ4n) is 2.31. The molecule has 0 spiro atoms. The van der Waals surface area contributed by atoms with Gasteiger partial charge in [0.05, 0.1) is 6.10 Å². The minimum atomic E-state index is -0.226. The van der Waals surface area contributed by atoms with Crippen LogP contribution in [0.3, 0.4) is 0 Å². The van der Waals surface area contributed by atoms with Gasteiger partial charge in [0.2, 0.25) is 0 Å². The van der Waals surface area contributed by atoms with Gasteiger partial charge in [0, 0.05) is 29.1 Å². The molecule has 1 aliphatic carbocycles. The summed E-state index contributed by atoms with van der Waals surface area (Å²) in [5.41, 5.74) is 1.68. The van der Waals surface area contributed by atoms with Crippen molar-refractivity contribution >= 4 is 11.5 Å². The summed E-state index contributed by atoms with van der Waals surface area (Å²) < 4.78 is 0. The van der Waals surface area contributed by atoms with Gasteiger partial charge in [-0.05, 0) is 30.7 Å². The number of rotatable bonds is 4. The molecule has 0 radical (unpaired) electrons. The number of benzene rings is 1. The number of aliphatic hydroxyl groups is 1. The molecule has 0 bridgehead atoms. The zero-order valence-electron chi connectivity index (χ0n) is 11.2. The topological polar surface area (TPSA) is 49.3 Å². The smallest absolute Gasteiger partial charge is 0.162 e. The van der Waals surface area contributed by atoms with Crippen molar-refractivity contribution in [3.63, 3.8) is 0 Å². The second-order valence-corrected chi connectivity index (χ2v) is 5.62. The molecule has 98 valence electrons. The van der Waals surface area contributed by atoms with Crippen LogP contribution < -0.4 is 5.32 Å². The second-order valence-electron chi connectivity index (χ2n) is 5.62. The van der Waals surface area contributed by atoms with E-state index in [-0.39, 0.29) is 17.3 Å². The molecule has 2 unspecified atom stereocenters. The molecule has 3 nitrogen and oxygen atoms in total. The third-order valence-corrected chi connectivity index (χ3v) is 4.08. The van der Waals surface area contributed by atoms with Crippen LogP contribution in [-0.4, -0.2) is 23.0 Å². The number of carbonyl (C=O) groups is 1. The highest BCUT2D eigenvalue weighted by atomic mass is 16.3. The summed E-state index contributed by atoms with van der Waals surface area (Å²) in [6.07, 6.45) is 1.09. The number of anilines is 1. The van der Waals surface area contributed by atoms with Gasteiger partial charge in [0.25, 0.3) is 0 Å². The fourth-order valence-corrected chi connectivity index (χ4v) is 2.31. The zero-order chi connectivity index (χ0) is 13.3. The van der Waals surface area contributed by atoms with Crippen LogP contribution in [0.1, 0.15) is 44.0 Å². The van der Waals surface area contributed by atoms with Crippen molar-refractivity contribution in [1.82, 2.24) is 0 Å². The molecule has 0 aliphatic heterocycles. The van der Waals surface area contributed by atoms with Crippen LogP contribution >= 0.6 is 0 Å². The molecule has 1 aliphatic rings. The molecule has 18 heavy (non-hydrogen) atoms. The third kappa shape index (κ3) is 2.27. The minimum Gasteiger partial charge on any atom is -0.392 e. The molecule has 1 aromatic carbocycles. The molecule has 0 heterocycles. The molecule has 1 saturated carbocycles. The van der Waals surface area contributed by atoms with E-state index in [1.54, 1.807) is 0 Å². The molecule has 0 amide bonds. The fraction of sp³-hybridized carbons (Fsp3) is 0.533. The zero-order valence-corrected chi connectivity index (χ0v) is 11.2. The number of hydrogen-bond acceptors (Lipinski definition) is 3. The van der Waals surface area contributed by atoms with E-state index in [0.717, 1.165) is 17.7 Å². The first-order valence-corrected chi connectivity index (χ1v) is 6.53. The van der Waals surface area contributed by atoms with E-state index in [4.69, 9.17) is 0 Å². The summed E-state index contributed by atoms with van der Waals surface area (Å²) in [5, 5.41) is 13.1. The van der Waals surface area contributed by atoms with Crippen LogP contribution in [0.25, 0.3) is 0 Å². The summed E-state index contributed by atoms with van der Waals surface area (Å²) in [5.74, 6) is 0.168. The number of nitrogens with one attached hydrogen (secondary N) is 1. The average Bonchev–Trinajstić information content (AvgIpc) is 2.38. The Bertz CT molecular complexity index is 436. The monoisotopic (exact) mass is 247 g/mol. The molecular weight excluding hydrogens is 226 g/mol. The first-order chi connectivity index (χ1) is 8.45. The summed E-state index contributed by atoms with van der Waals surface area (Å²) in [6.45, 7) is 5.99. The van der Waals surface area contributed by atoms with Crippen LogP contribution in [0.2, 0.25) is 0 Å². The lowest BCUT2D eigenvalue weighted by Crippen LogP contribution is -2.56. The van der Waals surface area contributed by atoms with Gasteiger partial charge in [-0.15, -0.1) is 0 Å². The van der Waals surface area contributed by atoms with Gasteiger partial charge in [0.15, 0.2) is 5.78 Å². The molecule has 1 fully saturated rings. The van der Waals surface area contributed by atoms with Crippen molar-refractivity contribution in [3.05, 3.63) is 29.8 Å². The number of carbonyl (C=O) groups excluding carboxylic acids is 1. The van der Waals surface area contributed by atoms with Gasteiger partial charge in [-0.3, -0.25) is 4.79 Å². The predicted octanol–water partition coefficient (Wildman–Crippen LogP) is 2.85. The Kier molecular flexibility index (Phi) is 3.44. The van der Waals surface area contributed by atoms with E-state index < -0.39 is 0 Å². The van der Waals surface area contributed by atoms with Crippen molar-refractivity contribution in [2.45, 2.75) is 45.8 Å². The molecule has 3 heteroatoms. The number of Topliss-reactive ketones (excluding diaryl/α,β-unsaturated/α-hetero) is 1. The highest BCUT2D eigenvalue weighted by Gasteiger charge is 2.47. The van der Waals surface area contributed by atoms with Crippen molar-refractivity contribution in [1.29, 1.82) is 0 Å². The van der Waals surface area contributed by atoms with Crippen molar-refractivity contribution in [2.75, 3.05) is 5.32 Å². The second kappa shape index (κ2) is 4.73. The summed E-state index contributed by atoms with van der Waals surface area (Å²) >= 11 is 0. The van der Waals surface area contributed by atoms with Gasteiger partial charge < -0.3 is 10.4 Å². The van der Waals surface area contributed by atoms with Crippen LogP contribution in [0, 0.1) is 5.41 Å². The van der Waals surface area contributed by atoms with Crippen LogP contribution in [0.4, 0.5) is 5.69 Å². The summed E-state index contributed by atoms with van der Waals surface area (Å²) in [4.78, 5) is 11.5. The molecule has 2 atom stereocenters. The van der Waals surface area contributed by atoms with Crippen molar-refractivity contribution in [3.8, 4) is 0 Å². The van der Waals surface area contributed by atoms with Gasteiger partial charge in [-0.2, -0.15) is 0 Å². The van der Waals surface area contributed by atoms with E-state index in [9.17, 15) is 9.90 Å². The summed E-state index contributed by atoms with van der Waals surface area (Å²) in [6, 6.07) is 7.88. The maximum Gasteiger partial charge on any atom is 0.162 e. The number of aliphatic hydroxyl groups excluding tert-OH is 1. The molecule has 0 saturated heterocycles. The molecule has 1 aromatic rings. The van der Waals surface area contributed by atoms with E-state index in [0.29, 0.717) is 12.5 Å². The van der Waals surface area contributed by atoms with Crippen molar-refractivity contribution in [2.24, 2.45) is 5.41 Å². The normalized spacial score (nSPS) is 25.3. The lowest BCUT2D eigenvalue weighted by molar-refractivity contribution is -0.0510. The first kappa shape index (κ1) is 13.1. The highest BCUT2D eigenvalue weighted by Crippen LogP contribution is 2.42. The van der Waals surface area contributed by atoms with E-state index in [1.807, 2.05) is 31.2 Å². The summed E-state index contributed by atoms with van der Waals surface area (Å²) in [7, 11) is 0. The maximum absolute atomic E-state index is 11.5. The van der Waals surface area contributed by atoms with Gasteiger partial charge in [-0.1, -0.05) is 20.8 Å². The Labute approximate surface area is 108 Å². The largest absolute Gasteiger partial charge is 0.392 e. The lowest BCUT2D eigenvalue weighted by Gasteiger charge is -2.49. The quantitative estimate of drug-likeness (QED) is 0.804. The van der Waals surface area contributed by atoms with E-state index >= 15 is 0 Å². The SMILES string of the molecule is CCC(=O)c1ccc(NC2CC(O)C2(C)C)cc1. The average molecular weight is 247 g/mol.